The van der Waals surface area contributed by atoms with Crippen molar-refractivity contribution in [3.63, 3.8) is 0 Å². The molecule has 0 aromatic heterocycles. The number of aliphatic carboxylic acids is 1. The summed E-state index contributed by atoms with van der Waals surface area (Å²) in [6, 6.07) is 7.25. The van der Waals surface area contributed by atoms with E-state index in [1.165, 1.54) is 12.0 Å². The number of carbonyl (C=O) groups excluding carboxylic acids is 1. The van der Waals surface area contributed by atoms with Crippen molar-refractivity contribution in [2.75, 3.05) is 26.8 Å². The van der Waals surface area contributed by atoms with Gasteiger partial charge in [0, 0.05) is 19.2 Å². The minimum absolute atomic E-state index is 0.264. The van der Waals surface area contributed by atoms with Crippen molar-refractivity contribution >= 4 is 11.9 Å². The molecule has 0 aliphatic carbocycles. The average Bonchev–Trinajstić information content (AvgIpc) is 2.42. The summed E-state index contributed by atoms with van der Waals surface area (Å²) in [5.41, 5.74) is 1.47. The van der Waals surface area contributed by atoms with Gasteiger partial charge in [0.15, 0.2) is 0 Å². The molecule has 19 heavy (non-hydrogen) atoms. The van der Waals surface area contributed by atoms with Crippen LogP contribution in [0.2, 0.25) is 0 Å². The van der Waals surface area contributed by atoms with Crippen LogP contribution in [0.25, 0.3) is 0 Å². The van der Waals surface area contributed by atoms with E-state index in [4.69, 9.17) is 9.84 Å². The molecule has 0 aliphatic rings. The number of nitrogens with zero attached hydrogens (tertiary/aromatic N) is 1. The minimum atomic E-state index is -1.03. The molecule has 0 aliphatic heterocycles. The molecule has 104 valence electrons. The second-order valence-electron chi connectivity index (χ2n) is 4.12. The van der Waals surface area contributed by atoms with Gasteiger partial charge in [-0.3, -0.25) is 9.59 Å². The third kappa shape index (κ3) is 4.37. The first-order valence-electron chi connectivity index (χ1n) is 6.18. The number of benzene rings is 1. The number of aryl methyl sites for hydroxylation is 1. The van der Waals surface area contributed by atoms with Crippen molar-refractivity contribution < 1.29 is 19.4 Å². The molecule has 0 spiro atoms. The Balaban J connectivity index is 2.93. The molecule has 5 nitrogen and oxygen atoms in total. The molecule has 1 N–H and O–H groups in total. The first-order chi connectivity index (χ1) is 9.10. The minimum Gasteiger partial charge on any atom is -0.480 e. The van der Waals surface area contributed by atoms with Crippen molar-refractivity contribution in [3.05, 3.63) is 35.4 Å². The predicted molar refractivity (Wildman–Crippen MR) is 71.2 cm³/mol. The van der Waals surface area contributed by atoms with Crippen LogP contribution in [0.3, 0.4) is 0 Å². The van der Waals surface area contributed by atoms with E-state index < -0.39 is 5.97 Å². The van der Waals surface area contributed by atoms with Crippen LogP contribution in [-0.2, 0) is 16.0 Å². The lowest BCUT2D eigenvalue weighted by Crippen LogP contribution is -2.38. The van der Waals surface area contributed by atoms with Crippen molar-refractivity contribution in [2.24, 2.45) is 0 Å². The van der Waals surface area contributed by atoms with Gasteiger partial charge in [-0.05, 0) is 18.1 Å². The normalized spacial score (nSPS) is 10.2. The molecule has 0 saturated carbocycles. The lowest BCUT2D eigenvalue weighted by atomic mass is 10.0. The van der Waals surface area contributed by atoms with Gasteiger partial charge in [0.1, 0.15) is 6.54 Å². The lowest BCUT2D eigenvalue weighted by Gasteiger charge is -2.21. The van der Waals surface area contributed by atoms with E-state index in [9.17, 15) is 9.59 Å². The van der Waals surface area contributed by atoms with Gasteiger partial charge in [0.2, 0.25) is 0 Å². The smallest absolute Gasteiger partial charge is 0.323 e. The summed E-state index contributed by atoms with van der Waals surface area (Å²) in [5, 5.41) is 8.87. The number of rotatable bonds is 7. The Labute approximate surface area is 112 Å². The summed E-state index contributed by atoms with van der Waals surface area (Å²) in [5.74, 6) is -1.30. The molecule has 0 unspecified atom stereocenters. The topological polar surface area (TPSA) is 66.8 Å². The SMILES string of the molecule is CCc1ccccc1C(=O)N(CCOC)CC(=O)O. The Morgan fingerprint density at radius 2 is 2.00 bits per heavy atom. The third-order valence-corrected chi connectivity index (χ3v) is 2.81. The van der Waals surface area contributed by atoms with Crippen LogP contribution in [0.15, 0.2) is 24.3 Å². The number of methoxy groups -OCH3 is 1. The Kier molecular flexibility index (Phi) is 6.02. The largest absolute Gasteiger partial charge is 0.480 e. The summed E-state index contributed by atoms with van der Waals surface area (Å²) in [7, 11) is 1.52. The van der Waals surface area contributed by atoms with Gasteiger partial charge in [-0.15, -0.1) is 0 Å². The van der Waals surface area contributed by atoms with Crippen LogP contribution in [0, 0.1) is 0 Å². The van der Waals surface area contributed by atoms with Gasteiger partial charge in [-0.2, -0.15) is 0 Å². The molecule has 0 atom stereocenters. The number of hydrogen-bond acceptors (Lipinski definition) is 3. The number of carbonyl (C=O) groups is 2. The van der Waals surface area contributed by atoms with Crippen LogP contribution in [0.5, 0.6) is 0 Å². The van der Waals surface area contributed by atoms with E-state index in [0.717, 1.165) is 12.0 Å². The fourth-order valence-electron chi connectivity index (χ4n) is 1.82. The van der Waals surface area contributed by atoms with Crippen LogP contribution < -0.4 is 0 Å². The molecule has 0 radical (unpaired) electrons. The van der Waals surface area contributed by atoms with E-state index in [1.54, 1.807) is 12.1 Å². The number of carboxylic acid groups (broad SMARTS) is 1. The first kappa shape index (κ1) is 15.2. The molecule has 0 fully saturated rings. The second-order valence-corrected chi connectivity index (χ2v) is 4.12. The maximum Gasteiger partial charge on any atom is 0.323 e. The van der Waals surface area contributed by atoms with Crippen molar-refractivity contribution in [1.29, 1.82) is 0 Å². The van der Waals surface area contributed by atoms with Crippen LogP contribution in [0.1, 0.15) is 22.8 Å². The average molecular weight is 265 g/mol. The standard InChI is InChI=1S/C14H19NO4/c1-3-11-6-4-5-7-12(11)14(18)15(8-9-19-2)10-13(16)17/h4-7H,3,8-10H2,1-2H3,(H,16,17). The van der Waals surface area contributed by atoms with E-state index in [1.807, 2.05) is 19.1 Å². The highest BCUT2D eigenvalue weighted by molar-refractivity contribution is 5.97. The number of hydrogen-bond donors (Lipinski definition) is 1. The number of carboxylic acids is 1. The molecule has 5 heteroatoms. The summed E-state index contributed by atoms with van der Waals surface area (Å²) >= 11 is 0. The van der Waals surface area contributed by atoms with Gasteiger partial charge >= 0.3 is 5.97 Å². The Morgan fingerprint density at radius 1 is 1.32 bits per heavy atom. The summed E-state index contributed by atoms with van der Waals surface area (Å²) in [6.07, 6.45) is 0.729. The highest BCUT2D eigenvalue weighted by Gasteiger charge is 2.19. The van der Waals surface area contributed by atoms with Crippen molar-refractivity contribution in [3.8, 4) is 0 Å². The predicted octanol–water partition coefficient (Wildman–Crippen LogP) is 1.42. The van der Waals surface area contributed by atoms with Gasteiger partial charge < -0.3 is 14.7 Å². The zero-order chi connectivity index (χ0) is 14.3. The van der Waals surface area contributed by atoms with Gasteiger partial charge in [0.25, 0.3) is 5.91 Å². The van der Waals surface area contributed by atoms with E-state index in [2.05, 4.69) is 0 Å². The van der Waals surface area contributed by atoms with Crippen LogP contribution >= 0.6 is 0 Å². The fraction of sp³-hybridized carbons (Fsp3) is 0.429. The number of amides is 1. The van der Waals surface area contributed by atoms with Crippen molar-refractivity contribution in [1.82, 2.24) is 4.90 Å². The molecule has 1 amide bonds. The zero-order valence-electron chi connectivity index (χ0n) is 11.3. The quantitative estimate of drug-likeness (QED) is 0.809. The highest BCUT2D eigenvalue weighted by atomic mass is 16.5. The fourth-order valence-corrected chi connectivity index (χ4v) is 1.82. The second kappa shape index (κ2) is 7.53. The summed E-state index contributed by atoms with van der Waals surface area (Å²) < 4.78 is 4.91. The monoisotopic (exact) mass is 265 g/mol. The molecule has 0 bridgehead atoms. The molecule has 1 aromatic rings. The molecular formula is C14H19NO4. The zero-order valence-corrected chi connectivity index (χ0v) is 11.3. The Hall–Kier alpha value is -1.88. The summed E-state index contributed by atoms with van der Waals surface area (Å²) in [4.78, 5) is 24.5. The summed E-state index contributed by atoms with van der Waals surface area (Å²) in [6.45, 7) is 2.22. The van der Waals surface area contributed by atoms with Gasteiger partial charge in [0.05, 0.1) is 6.61 Å². The highest BCUT2D eigenvalue weighted by Crippen LogP contribution is 2.12. The molecule has 1 rings (SSSR count). The Morgan fingerprint density at radius 3 is 2.58 bits per heavy atom. The van der Waals surface area contributed by atoms with Crippen LogP contribution in [-0.4, -0.2) is 48.7 Å². The maximum atomic E-state index is 12.4. The van der Waals surface area contributed by atoms with Gasteiger partial charge in [-0.1, -0.05) is 25.1 Å². The van der Waals surface area contributed by atoms with Crippen molar-refractivity contribution in [2.45, 2.75) is 13.3 Å². The maximum absolute atomic E-state index is 12.4. The molecule has 0 heterocycles. The molecule has 0 saturated heterocycles. The van der Waals surface area contributed by atoms with E-state index >= 15 is 0 Å². The molecular weight excluding hydrogens is 246 g/mol. The lowest BCUT2D eigenvalue weighted by molar-refractivity contribution is -0.137. The molecule has 1 aromatic carbocycles. The number of ether oxygens (including phenoxy) is 1. The Bertz CT molecular complexity index is 445. The van der Waals surface area contributed by atoms with E-state index in [-0.39, 0.29) is 19.0 Å². The van der Waals surface area contributed by atoms with Crippen LogP contribution in [0.4, 0.5) is 0 Å². The first-order valence-corrected chi connectivity index (χ1v) is 6.18. The third-order valence-electron chi connectivity index (χ3n) is 2.81. The van der Waals surface area contributed by atoms with E-state index in [0.29, 0.717) is 12.2 Å². The van der Waals surface area contributed by atoms with Gasteiger partial charge in [-0.25, -0.2) is 0 Å².